The lowest BCUT2D eigenvalue weighted by molar-refractivity contribution is -0.276. The SMILES string of the molecule is C[C@@H]([C@@H](O)[C@H](OCCO)O[C@@H]1[C@@H](O)[C@H](O[C@H]2OC(CNCCCC(O)CN)=CC[C@H]2NC(=O)OC(C)(C)C)[C@@H](NC(=O)OC(C)(C)C)C[C@H]1NC(=O)[C@@H](O)CNC(=O)OC(C)(C)C)N(C)C(=O)OC(C)(C)C. The summed E-state index contributed by atoms with van der Waals surface area (Å²) in [5, 5.41) is 68.8. The molecule has 2 aliphatic rings. The van der Waals surface area contributed by atoms with Gasteiger partial charge in [0.15, 0.2) is 6.29 Å². The summed E-state index contributed by atoms with van der Waals surface area (Å²) in [5.74, 6) is -0.699. The molecule has 25 heteroatoms. The van der Waals surface area contributed by atoms with Crippen molar-refractivity contribution < 1.29 is 87.4 Å². The van der Waals surface area contributed by atoms with Crippen LogP contribution in [0.4, 0.5) is 19.2 Å². The summed E-state index contributed by atoms with van der Waals surface area (Å²) >= 11 is 0. The molecule has 0 aromatic carbocycles. The van der Waals surface area contributed by atoms with E-state index in [0.29, 0.717) is 25.1 Å². The second-order valence-corrected chi connectivity index (χ2v) is 21.8. The first kappa shape index (κ1) is 63.8. The van der Waals surface area contributed by atoms with Crippen molar-refractivity contribution in [3.8, 4) is 0 Å². The van der Waals surface area contributed by atoms with Crippen LogP contribution in [0.3, 0.4) is 0 Å². The fraction of sp³-hybridized carbons (Fsp3) is 0.851. The second kappa shape index (κ2) is 28.4. The molecular weight excluding hydrogens is 951 g/mol. The highest BCUT2D eigenvalue weighted by atomic mass is 16.7. The third kappa shape index (κ3) is 23.7. The maximum Gasteiger partial charge on any atom is 0.410 e. The molecule has 0 aromatic heterocycles. The first-order valence-electron chi connectivity index (χ1n) is 24.4. The molecule has 1 unspecified atom stereocenters. The van der Waals surface area contributed by atoms with E-state index in [4.69, 9.17) is 43.6 Å². The maximum absolute atomic E-state index is 13.8. The molecule has 0 aromatic rings. The predicted molar refractivity (Wildman–Crippen MR) is 260 cm³/mol. The van der Waals surface area contributed by atoms with Crippen LogP contribution in [0.25, 0.3) is 0 Å². The molecule has 418 valence electrons. The third-order valence-corrected chi connectivity index (χ3v) is 10.5. The van der Waals surface area contributed by atoms with Crippen molar-refractivity contribution in [2.24, 2.45) is 5.73 Å². The van der Waals surface area contributed by atoms with Gasteiger partial charge in [-0.25, -0.2) is 19.2 Å². The van der Waals surface area contributed by atoms with Crippen LogP contribution in [0.5, 0.6) is 0 Å². The van der Waals surface area contributed by atoms with Crippen LogP contribution in [-0.4, -0.2) is 203 Å². The van der Waals surface area contributed by atoms with Crippen molar-refractivity contribution in [2.45, 2.75) is 211 Å². The van der Waals surface area contributed by atoms with E-state index in [1.54, 1.807) is 89.2 Å². The van der Waals surface area contributed by atoms with E-state index in [2.05, 4.69) is 26.6 Å². The van der Waals surface area contributed by atoms with E-state index >= 15 is 0 Å². The monoisotopic (exact) mass is 1040 g/mol. The van der Waals surface area contributed by atoms with Crippen molar-refractivity contribution in [3.05, 3.63) is 11.8 Å². The third-order valence-electron chi connectivity index (χ3n) is 10.5. The minimum atomic E-state index is -1.93. The summed E-state index contributed by atoms with van der Waals surface area (Å²) in [4.78, 5) is 67.3. The number of aliphatic hydroxyl groups is 5. The molecule has 1 heterocycles. The van der Waals surface area contributed by atoms with Crippen LogP contribution >= 0.6 is 0 Å². The molecule has 1 saturated carbocycles. The van der Waals surface area contributed by atoms with Gasteiger partial charge in [0.05, 0.1) is 56.6 Å². The van der Waals surface area contributed by atoms with E-state index < -0.39 is 146 Å². The Morgan fingerprint density at radius 3 is 1.89 bits per heavy atom. The fourth-order valence-corrected chi connectivity index (χ4v) is 7.08. The molecule has 0 spiro atoms. The molecule has 5 amide bonds. The summed E-state index contributed by atoms with van der Waals surface area (Å²) in [6.07, 6.45) is -13.6. The van der Waals surface area contributed by atoms with Crippen LogP contribution in [0.15, 0.2) is 11.8 Å². The first-order valence-corrected chi connectivity index (χ1v) is 24.4. The van der Waals surface area contributed by atoms with Crippen molar-refractivity contribution in [3.63, 3.8) is 0 Å². The lowest BCUT2D eigenvalue weighted by Gasteiger charge is -2.47. The molecule has 1 fully saturated rings. The zero-order valence-electron chi connectivity index (χ0n) is 44.6. The molecule has 12 atom stereocenters. The number of hydrogen-bond acceptors (Lipinski definition) is 20. The Morgan fingerprint density at radius 1 is 0.806 bits per heavy atom. The van der Waals surface area contributed by atoms with Crippen LogP contribution < -0.4 is 32.3 Å². The Balaban J connectivity index is 2.74. The Hall–Kier alpha value is -4.31. The summed E-state index contributed by atoms with van der Waals surface area (Å²) < 4.78 is 47.0. The van der Waals surface area contributed by atoms with Crippen molar-refractivity contribution in [2.75, 3.05) is 46.4 Å². The number of likely N-dealkylation sites (N-methyl/N-ethyl adjacent to an activating group) is 1. The van der Waals surface area contributed by atoms with Gasteiger partial charge in [-0.1, -0.05) is 0 Å². The molecule has 2 rings (SSSR count). The number of nitrogens with zero attached hydrogens (tertiary/aromatic N) is 1. The summed E-state index contributed by atoms with van der Waals surface area (Å²) in [5.41, 5.74) is 1.82. The van der Waals surface area contributed by atoms with Gasteiger partial charge in [-0.15, -0.1) is 0 Å². The average molecular weight is 1040 g/mol. The van der Waals surface area contributed by atoms with Crippen LogP contribution in [0.2, 0.25) is 0 Å². The average Bonchev–Trinajstić information content (AvgIpc) is 3.23. The fourth-order valence-electron chi connectivity index (χ4n) is 7.08. The van der Waals surface area contributed by atoms with Gasteiger partial charge < -0.3 is 101 Å². The van der Waals surface area contributed by atoms with Crippen molar-refractivity contribution >= 4 is 30.3 Å². The van der Waals surface area contributed by atoms with Gasteiger partial charge in [0.25, 0.3) is 5.91 Å². The van der Waals surface area contributed by atoms with E-state index in [1.165, 1.54) is 14.0 Å². The minimum Gasteiger partial charge on any atom is -0.466 e. The van der Waals surface area contributed by atoms with Crippen molar-refractivity contribution in [1.29, 1.82) is 0 Å². The summed E-state index contributed by atoms with van der Waals surface area (Å²) in [6, 6.07) is -4.78. The van der Waals surface area contributed by atoms with Crippen LogP contribution in [0.1, 0.15) is 116 Å². The molecule has 1 aliphatic carbocycles. The molecular formula is C47H87N7O18. The highest BCUT2D eigenvalue weighted by Crippen LogP contribution is 2.32. The standard InChI is InChI=1S/C47H87N7O18/c1-26(54(14)43(64)72-47(11,12)13)33(58)39(65-21-20-55)68-35-30(51-37(60)32(57)25-50-40(61)69-44(2,3)4)22-31(53-42(63)71-46(8,9)10)36(34(35)59)67-38-29(52-41(62)70-45(5,6)7)18-17-28(66-38)24-49-19-15-16-27(56)23-48/h17,26-27,29-36,38-39,49,55-59H,15-16,18-25,48H2,1-14H3,(H,50,61)(H,51,60)(H,52,62)(H,53,63)/t26-,27?,29+,30+,31-,32-,33+,34+,35-,36+,38+,39+/m0/s1. The lowest BCUT2D eigenvalue weighted by atomic mass is 9.83. The zero-order valence-corrected chi connectivity index (χ0v) is 44.6. The van der Waals surface area contributed by atoms with Gasteiger partial charge >= 0.3 is 24.4 Å². The number of alkyl carbamates (subject to hydrolysis) is 3. The largest absolute Gasteiger partial charge is 0.466 e. The van der Waals surface area contributed by atoms with Gasteiger partial charge in [-0.3, -0.25) is 4.79 Å². The normalized spacial score (nSPS) is 23.9. The van der Waals surface area contributed by atoms with E-state index in [0.717, 1.165) is 4.90 Å². The molecule has 0 saturated heterocycles. The van der Waals surface area contributed by atoms with Gasteiger partial charge in [0, 0.05) is 13.6 Å². The van der Waals surface area contributed by atoms with Crippen molar-refractivity contribution in [1.82, 2.24) is 31.5 Å². The minimum absolute atomic E-state index is 0.117. The summed E-state index contributed by atoms with van der Waals surface area (Å²) in [7, 11) is 1.36. The van der Waals surface area contributed by atoms with E-state index in [1.807, 2.05) is 0 Å². The van der Waals surface area contributed by atoms with Crippen LogP contribution in [0, 0.1) is 0 Å². The summed E-state index contributed by atoms with van der Waals surface area (Å²) in [6.45, 7) is 20.4. The quantitative estimate of drug-likeness (QED) is 0.0385. The highest BCUT2D eigenvalue weighted by Gasteiger charge is 2.51. The number of rotatable bonds is 23. The number of carbonyl (C=O) groups excluding carboxylic acids is 5. The Morgan fingerprint density at radius 2 is 1.35 bits per heavy atom. The molecule has 0 bridgehead atoms. The van der Waals surface area contributed by atoms with E-state index in [-0.39, 0.29) is 25.9 Å². The Bertz CT molecular complexity index is 1750. The molecule has 12 N–H and O–H groups in total. The van der Waals surface area contributed by atoms with Crippen LogP contribution in [-0.2, 0) is 42.7 Å². The topological polar surface area (TPSA) is 350 Å². The van der Waals surface area contributed by atoms with Gasteiger partial charge in [-0.2, -0.15) is 0 Å². The molecule has 25 nitrogen and oxygen atoms in total. The molecule has 0 radical (unpaired) electrons. The number of carbonyl (C=O) groups is 5. The Labute approximate surface area is 423 Å². The number of aliphatic hydroxyl groups excluding tert-OH is 5. The number of nitrogens with one attached hydrogen (secondary N) is 5. The Kier molecular flexibility index (Phi) is 25.2. The number of hydrogen-bond donors (Lipinski definition) is 11. The maximum atomic E-state index is 13.8. The lowest BCUT2D eigenvalue weighted by Crippen LogP contribution is -2.68. The smallest absolute Gasteiger partial charge is 0.410 e. The molecule has 1 aliphatic heterocycles. The second-order valence-electron chi connectivity index (χ2n) is 21.8. The highest BCUT2D eigenvalue weighted by molar-refractivity contribution is 5.82. The zero-order chi connectivity index (χ0) is 54.9. The van der Waals surface area contributed by atoms with E-state index in [9.17, 15) is 49.5 Å². The van der Waals surface area contributed by atoms with Gasteiger partial charge in [0.2, 0.25) is 6.29 Å². The number of amides is 5. The van der Waals surface area contributed by atoms with Gasteiger partial charge in [0.1, 0.15) is 58.7 Å². The predicted octanol–water partition coefficient (Wildman–Crippen LogP) is 0.949. The van der Waals surface area contributed by atoms with Gasteiger partial charge in [-0.05, 0) is 128 Å². The molecule has 72 heavy (non-hydrogen) atoms. The number of ether oxygens (including phenoxy) is 8. The first-order chi connectivity index (χ1) is 33.1. The number of nitrogens with two attached hydrogens (primary N) is 1.